The number of carbonyl (C=O) groups excluding carboxylic acids is 3. The van der Waals surface area contributed by atoms with Gasteiger partial charge in [0.05, 0.1) is 18.9 Å². The molecule has 3 N–H and O–H groups in total. The van der Waals surface area contributed by atoms with Gasteiger partial charge in [0, 0.05) is 40.9 Å². The fraction of sp³-hybridized carbons (Fsp3) is 0.400. The van der Waals surface area contributed by atoms with Crippen molar-refractivity contribution in [3.63, 3.8) is 0 Å². The average molecular weight is 441 g/mol. The number of nitrogens with one attached hydrogen (secondary N) is 2. The van der Waals surface area contributed by atoms with Gasteiger partial charge in [-0.25, -0.2) is 4.79 Å². The first-order valence-electron chi connectivity index (χ1n) is 10.8. The largest absolute Gasteiger partial charge is 0.515 e. The van der Waals surface area contributed by atoms with Crippen molar-refractivity contribution in [2.24, 2.45) is 11.8 Å². The highest BCUT2D eigenvalue weighted by Crippen LogP contribution is 2.37. The smallest absolute Gasteiger partial charge is 0.337 e. The summed E-state index contributed by atoms with van der Waals surface area (Å²) < 4.78 is 4.78. The maximum atomic E-state index is 12.1. The molecule has 2 aromatic rings. The molecule has 0 radical (unpaired) electrons. The molecule has 1 aromatic carbocycles. The number of unbranched alkanes of at least 4 members (excludes halogenated alkanes) is 1. The second-order valence-electron chi connectivity index (χ2n) is 7.64. The molecule has 0 unspecified atom stereocenters. The van der Waals surface area contributed by atoms with E-state index in [1.54, 1.807) is 0 Å². The molecule has 0 aliphatic carbocycles. The fourth-order valence-electron chi connectivity index (χ4n) is 4.06. The minimum absolute atomic E-state index is 0.0690. The zero-order valence-electron chi connectivity index (χ0n) is 18.7. The molecule has 172 valence electrons. The van der Waals surface area contributed by atoms with Crippen LogP contribution in [0.1, 0.15) is 43.5 Å². The first-order chi connectivity index (χ1) is 15.6. The average Bonchev–Trinajstić information content (AvgIpc) is 3.20. The number of methoxy groups -OCH3 is 1. The molecule has 1 aliphatic heterocycles. The number of aromatic amines is 1. The number of aliphatic hydroxyl groups excluding tert-OH is 1. The molecule has 2 heterocycles. The van der Waals surface area contributed by atoms with Gasteiger partial charge < -0.3 is 29.7 Å². The van der Waals surface area contributed by atoms with Crippen molar-refractivity contribution in [2.75, 3.05) is 13.7 Å². The van der Waals surface area contributed by atoms with Gasteiger partial charge in [-0.15, -0.1) is 6.58 Å². The Hall–Kier alpha value is -3.19. The van der Waals surface area contributed by atoms with E-state index in [9.17, 15) is 19.5 Å². The van der Waals surface area contributed by atoms with Crippen LogP contribution in [0.2, 0.25) is 0 Å². The lowest BCUT2D eigenvalue weighted by atomic mass is 9.80. The number of carbonyl (C=O) groups is 3. The molecule has 7 nitrogen and oxygen atoms in total. The number of hydrogen-bond donors (Lipinski definition) is 3. The molecule has 0 amide bonds. The van der Waals surface area contributed by atoms with E-state index in [0.717, 1.165) is 49.4 Å². The summed E-state index contributed by atoms with van der Waals surface area (Å²) >= 11 is 0. The molecule has 0 saturated heterocycles. The normalized spacial score (nSPS) is 17.3. The molecule has 32 heavy (non-hydrogen) atoms. The van der Waals surface area contributed by atoms with Crippen LogP contribution in [-0.4, -0.2) is 42.3 Å². The third-order valence-electron chi connectivity index (χ3n) is 5.71. The summed E-state index contributed by atoms with van der Waals surface area (Å²) in [7, 11) is 1.25. The van der Waals surface area contributed by atoms with Crippen LogP contribution in [0.5, 0.6) is 0 Å². The van der Waals surface area contributed by atoms with Gasteiger partial charge in [0.1, 0.15) is 12.6 Å². The number of fused-ring (bicyclic) bond motifs is 3. The van der Waals surface area contributed by atoms with Crippen LogP contribution in [0.3, 0.4) is 0 Å². The quantitative estimate of drug-likeness (QED) is 0.179. The third kappa shape index (κ3) is 5.73. The van der Waals surface area contributed by atoms with Gasteiger partial charge in [-0.1, -0.05) is 31.2 Å². The number of aromatic nitrogens is 1. The predicted octanol–water partition coefficient (Wildman–Crippen LogP) is 3.96. The summed E-state index contributed by atoms with van der Waals surface area (Å²) in [5.74, 6) is -1.81. The SMILES string of the molecule is C=C[C@@H](C=O)[C@H](C[C@@H]1NCCc2c1[nH]c1ccccc21)/C(=C/O)C(=O)OC.CCCC=O. The molecule has 3 rings (SSSR count). The summed E-state index contributed by atoms with van der Waals surface area (Å²) in [5.41, 5.74) is 3.44. The van der Waals surface area contributed by atoms with Crippen molar-refractivity contribution in [3.05, 3.63) is 60.0 Å². The van der Waals surface area contributed by atoms with Crippen LogP contribution in [0.25, 0.3) is 10.9 Å². The second-order valence-corrected chi connectivity index (χ2v) is 7.64. The Bertz CT molecular complexity index is 954. The third-order valence-corrected chi connectivity index (χ3v) is 5.71. The molecule has 0 saturated carbocycles. The Balaban J connectivity index is 0.000000654. The molecular formula is C25H32N2O5. The molecular weight excluding hydrogens is 408 g/mol. The zero-order chi connectivity index (χ0) is 23.5. The van der Waals surface area contributed by atoms with Gasteiger partial charge in [-0.2, -0.15) is 0 Å². The van der Waals surface area contributed by atoms with E-state index in [0.29, 0.717) is 12.8 Å². The van der Waals surface area contributed by atoms with Gasteiger partial charge in [0.25, 0.3) is 0 Å². The highest BCUT2D eigenvalue weighted by atomic mass is 16.5. The maximum absolute atomic E-state index is 12.1. The number of para-hydroxylation sites is 1. The van der Waals surface area contributed by atoms with E-state index in [4.69, 9.17) is 4.74 Å². The van der Waals surface area contributed by atoms with Crippen molar-refractivity contribution >= 4 is 29.4 Å². The van der Waals surface area contributed by atoms with E-state index < -0.39 is 17.8 Å². The van der Waals surface area contributed by atoms with E-state index in [-0.39, 0.29) is 11.6 Å². The second kappa shape index (κ2) is 12.6. The Morgan fingerprint density at radius 3 is 2.66 bits per heavy atom. The van der Waals surface area contributed by atoms with Crippen molar-refractivity contribution in [3.8, 4) is 0 Å². The van der Waals surface area contributed by atoms with Crippen molar-refractivity contribution < 1.29 is 24.2 Å². The number of aliphatic hydroxyl groups is 1. The standard InChI is InChI=1S/C21H24N2O4.C4H8O/c1-3-13(11-24)16(17(12-25)21(26)27-2)10-19-20-15(8-9-22-19)14-6-4-5-7-18(14)23-20;1-2-3-4-5/h3-7,11-13,16,19,22-23,25H,1,8-10H2,2H3;4H,2-3H2,1H3/b17-12-;/t13-,16-,19-;/m0./s1. The van der Waals surface area contributed by atoms with Crippen LogP contribution in [-0.2, 0) is 25.5 Å². The number of rotatable bonds is 9. The number of H-pyrrole nitrogens is 1. The van der Waals surface area contributed by atoms with Crippen LogP contribution in [0.15, 0.2) is 48.8 Å². The minimum Gasteiger partial charge on any atom is -0.515 e. The summed E-state index contributed by atoms with van der Waals surface area (Å²) in [6.45, 7) is 6.48. The number of aldehydes is 2. The zero-order valence-corrected chi connectivity index (χ0v) is 18.7. The molecule has 3 atom stereocenters. The Morgan fingerprint density at radius 2 is 2.09 bits per heavy atom. The lowest BCUT2D eigenvalue weighted by molar-refractivity contribution is -0.137. The van der Waals surface area contributed by atoms with Crippen LogP contribution in [0.4, 0.5) is 0 Å². The van der Waals surface area contributed by atoms with Crippen molar-refractivity contribution in [2.45, 2.75) is 38.6 Å². The number of esters is 1. The molecule has 1 aliphatic rings. The molecule has 7 heteroatoms. The van der Waals surface area contributed by atoms with Gasteiger partial charge in [-0.3, -0.25) is 0 Å². The lowest BCUT2D eigenvalue weighted by Crippen LogP contribution is -2.34. The summed E-state index contributed by atoms with van der Waals surface area (Å²) in [6.07, 6.45) is 6.95. The number of ether oxygens (including phenoxy) is 1. The molecule has 0 fully saturated rings. The number of benzene rings is 1. The van der Waals surface area contributed by atoms with Crippen molar-refractivity contribution in [1.82, 2.24) is 10.3 Å². The van der Waals surface area contributed by atoms with Crippen LogP contribution >= 0.6 is 0 Å². The highest BCUT2D eigenvalue weighted by Gasteiger charge is 2.33. The molecule has 0 bridgehead atoms. The van der Waals surface area contributed by atoms with E-state index in [1.165, 1.54) is 24.1 Å². The molecule has 1 aromatic heterocycles. The summed E-state index contributed by atoms with van der Waals surface area (Å²) in [5, 5.41) is 14.3. The van der Waals surface area contributed by atoms with E-state index in [2.05, 4.69) is 22.9 Å². The van der Waals surface area contributed by atoms with Crippen LogP contribution < -0.4 is 5.32 Å². The maximum Gasteiger partial charge on any atom is 0.337 e. The first-order valence-corrected chi connectivity index (χ1v) is 10.8. The van der Waals surface area contributed by atoms with Crippen LogP contribution in [0, 0.1) is 11.8 Å². The Morgan fingerprint density at radius 1 is 1.34 bits per heavy atom. The van der Waals surface area contributed by atoms with E-state index >= 15 is 0 Å². The number of hydrogen-bond acceptors (Lipinski definition) is 6. The predicted molar refractivity (Wildman–Crippen MR) is 124 cm³/mol. The monoisotopic (exact) mass is 440 g/mol. The Kier molecular flexibility index (Phi) is 9.88. The summed E-state index contributed by atoms with van der Waals surface area (Å²) in [6, 6.07) is 8.04. The Labute approximate surface area is 188 Å². The first kappa shape index (κ1) is 25.1. The topological polar surface area (TPSA) is 108 Å². The van der Waals surface area contributed by atoms with Gasteiger partial charge >= 0.3 is 5.97 Å². The van der Waals surface area contributed by atoms with Gasteiger partial charge in [-0.05, 0) is 37.4 Å². The van der Waals surface area contributed by atoms with Gasteiger partial charge in [0.15, 0.2) is 0 Å². The van der Waals surface area contributed by atoms with E-state index in [1.807, 2.05) is 25.1 Å². The van der Waals surface area contributed by atoms with Crippen molar-refractivity contribution in [1.29, 1.82) is 0 Å². The number of allylic oxidation sites excluding steroid dienone is 1. The minimum atomic E-state index is -0.649. The molecule has 0 spiro atoms. The fourth-order valence-corrected chi connectivity index (χ4v) is 4.06. The lowest BCUT2D eigenvalue weighted by Gasteiger charge is -2.30. The summed E-state index contributed by atoms with van der Waals surface area (Å²) in [4.78, 5) is 36.6. The van der Waals surface area contributed by atoms with Gasteiger partial charge in [0.2, 0.25) is 0 Å². The highest BCUT2D eigenvalue weighted by molar-refractivity contribution is 5.89.